The Hall–Kier alpha value is -14.1. The molecule has 16 aromatic carbocycles. The molecule has 6 aliphatic rings. The summed E-state index contributed by atoms with van der Waals surface area (Å²) in [7, 11) is 0. The first kappa shape index (κ1) is 71.8. The molecule has 0 aliphatic carbocycles. The first-order valence-corrected chi connectivity index (χ1v) is 43.3. The van der Waals surface area contributed by atoms with Gasteiger partial charge in [-0.1, -0.05) is 274 Å². The first-order valence-electron chi connectivity index (χ1n) is 43.3. The van der Waals surface area contributed by atoms with E-state index in [0.29, 0.717) is 0 Å². The number of hydrogen-bond donors (Lipinski definition) is 1. The number of nitrogens with one attached hydrogen (secondary N) is 1. The zero-order chi connectivity index (χ0) is 82.9. The molecule has 0 fully saturated rings. The van der Waals surface area contributed by atoms with Crippen LogP contribution in [0.3, 0.4) is 0 Å². The zero-order valence-corrected chi connectivity index (χ0v) is 70.8. The molecule has 0 unspecified atom stereocenters. The summed E-state index contributed by atoms with van der Waals surface area (Å²) in [5.41, 5.74) is 40.0. The van der Waals surface area contributed by atoms with Crippen molar-refractivity contribution in [1.82, 2.24) is 0 Å². The smallest absolute Gasteiger partial charge is 0.260 e. The summed E-state index contributed by atoms with van der Waals surface area (Å²) in [4.78, 5) is 7.59. The van der Waals surface area contributed by atoms with E-state index in [2.05, 4.69) is 394 Å². The molecule has 3 aromatic heterocycles. The van der Waals surface area contributed by atoms with Gasteiger partial charge >= 0.3 is 0 Å². The highest BCUT2D eigenvalue weighted by atomic mass is 16.5. The summed E-state index contributed by atoms with van der Waals surface area (Å²) in [5, 5.41) is 10.8. The van der Waals surface area contributed by atoms with Gasteiger partial charge in [0.15, 0.2) is 0 Å². The molecule has 25 rings (SSSR count). The van der Waals surface area contributed by atoms with E-state index in [1.165, 1.54) is 55.1 Å². The molecule has 9 nitrogen and oxygen atoms in total. The minimum Gasteiger partial charge on any atom is -0.458 e. The molecule has 0 bridgehead atoms. The van der Waals surface area contributed by atoms with Gasteiger partial charge in [0, 0.05) is 140 Å². The van der Waals surface area contributed by atoms with Crippen molar-refractivity contribution in [3.63, 3.8) is 0 Å². The number of benzene rings is 16. The van der Waals surface area contributed by atoms with E-state index in [1.807, 2.05) is 0 Å². The van der Waals surface area contributed by atoms with Crippen molar-refractivity contribution >= 4 is 198 Å². The van der Waals surface area contributed by atoms with Crippen LogP contribution in [-0.2, 0) is 16.2 Å². The molecule has 1 N–H and O–H groups in total. The van der Waals surface area contributed by atoms with Crippen LogP contribution >= 0.6 is 0 Å². The highest BCUT2D eigenvalue weighted by Gasteiger charge is 2.50. The standard InChI is InChI=1S/C111H85B3N4O5/c1-61-49-62(2)102(63(3)50-61)118-91-60-96-86(58-84(91)113-82-46-20-22-48-90(82)117(68-31-17-14-18-32-68)93-53-65(54-94(118)100(93)113)70-34-24-37-73-76-40-27-43-79(110(7,8)9)107(76)122-104(70)73)114-85-57-83-87(59-95(85)119-97-55-66(56-98(120-96)101(97)114)71-35-25-38-74-77-41-28-44-80(111(10,11)12)108(77)123-105(71)74)115-88-51-64(69-33-23-36-72-75-39-26-42-78(109(4,5)6)106(75)121-103(69)72)52-92-99(88)112(83)81-45-19-21-47-89(81)116(92)67-29-15-13-16-30-67/h13-60,115H,1-12H3. The third-order valence-electron chi connectivity index (χ3n) is 27.3. The van der Waals surface area contributed by atoms with Crippen molar-refractivity contribution < 1.29 is 22.7 Å². The van der Waals surface area contributed by atoms with Crippen LogP contribution in [0, 0.1) is 20.8 Å². The van der Waals surface area contributed by atoms with Crippen molar-refractivity contribution in [2.45, 2.75) is 99.3 Å². The maximum atomic E-state index is 7.96. The van der Waals surface area contributed by atoms with E-state index in [1.54, 1.807) is 0 Å². The fraction of sp³-hybridized carbons (Fsp3) is 0.135. The van der Waals surface area contributed by atoms with Crippen molar-refractivity contribution in [3.05, 3.63) is 325 Å². The van der Waals surface area contributed by atoms with Gasteiger partial charge in [-0.25, -0.2) is 0 Å². The Balaban J connectivity index is 0.746. The summed E-state index contributed by atoms with van der Waals surface area (Å²) < 4.78 is 37.6. The van der Waals surface area contributed by atoms with Gasteiger partial charge in [0.05, 0.1) is 5.69 Å². The monoisotopic (exact) mass is 1590 g/mol. The summed E-state index contributed by atoms with van der Waals surface area (Å²) in [6.07, 6.45) is 0. The molecule has 0 spiro atoms. The Kier molecular flexibility index (Phi) is 14.9. The van der Waals surface area contributed by atoms with E-state index >= 15 is 0 Å². The number of anilines is 11. The number of rotatable bonds is 6. The van der Waals surface area contributed by atoms with Crippen molar-refractivity contribution in [1.29, 1.82) is 0 Å². The maximum absolute atomic E-state index is 7.96. The van der Waals surface area contributed by atoms with Crippen LogP contribution in [0.4, 0.5) is 62.6 Å². The minimum absolute atomic E-state index is 0.143. The molecular formula is C111H85B3N4O5. The van der Waals surface area contributed by atoms with Crippen molar-refractivity contribution in [2.24, 2.45) is 0 Å². The van der Waals surface area contributed by atoms with Crippen molar-refractivity contribution in [3.8, 4) is 56.4 Å². The minimum atomic E-state index is -0.392. The first-order chi connectivity index (χ1) is 59.6. The van der Waals surface area contributed by atoms with E-state index in [4.69, 9.17) is 22.7 Å². The average molecular weight is 1590 g/mol. The lowest BCUT2D eigenvalue weighted by molar-refractivity contribution is 0.465. The van der Waals surface area contributed by atoms with Gasteiger partial charge in [-0.05, 0) is 181 Å². The van der Waals surface area contributed by atoms with Gasteiger partial charge in [-0.3, -0.25) is 0 Å². The number of aryl methyl sites for hydroxylation is 3. The molecule has 6 aliphatic heterocycles. The quantitative estimate of drug-likeness (QED) is 0.164. The number of furan rings is 3. The molecular weight excluding hydrogens is 1500 g/mol. The SMILES string of the molecule is Cc1cc(C)c(N2c3cc4c(cc3B3c5ccccc5N(c5ccccc5)c5cc(-c6cccc7c6oc6c(C(C)(C)C)cccc67)cc2c53)B2c3cc5c(cc3Oc3cc(-c6cccc7c6oc6c(C(C)(C)C)cccc67)cc(c32)O4)Nc2cc(-c3cccc4c3oc3c(C(C)(C)C)cccc34)cc3c2B5c2ccccc2N3c2ccccc2)c(C)c1. The lowest BCUT2D eigenvalue weighted by Gasteiger charge is -2.46. The Labute approximate surface area is 716 Å². The number of nitrogens with zero attached hydrogens (tertiary/aromatic N) is 3. The molecule has 123 heavy (non-hydrogen) atoms. The van der Waals surface area contributed by atoms with Gasteiger partial charge in [0.2, 0.25) is 0 Å². The molecule has 0 amide bonds. The van der Waals surface area contributed by atoms with Crippen LogP contribution in [0.5, 0.6) is 23.0 Å². The highest BCUT2D eigenvalue weighted by molar-refractivity contribution is 7.04. The molecule has 9 heterocycles. The summed E-state index contributed by atoms with van der Waals surface area (Å²) in [6, 6.07) is 108. The van der Waals surface area contributed by atoms with E-state index < -0.39 is 6.71 Å². The Morgan fingerprint density at radius 2 is 0.650 bits per heavy atom. The highest BCUT2D eigenvalue weighted by Crippen LogP contribution is 2.54. The second kappa shape index (κ2) is 25.5. The molecule has 19 aromatic rings. The van der Waals surface area contributed by atoms with Crippen LogP contribution in [0.15, 0.2) is 304 Å². The number of para-hydroxylation sites is 10. The lowest BCUT2D eigenvalue weighted by atomic mass is 9.29. The predicted molar refractivity (Wildman–Crippen MR) is 516 cm³/mol. The van der Waals surface area contributed by atoms with Gasteiger partial charge < -0.3 is 42.7 Å². The Bertz CT molecular complexity index is 7870. The third-order valence-corrected chi connectivity index (χ3v) is 27.3. The molecule has 0 radical (unpaired) electrons. The summed E-state index contributed by atoms with van der Waals surface area (Å²) in [5.74, 6) is 3.00. The normalized spacial score (nSPS) is 14.0. The number of hydrogen-bond acceptors (Lipinski definition) is 9. The number of ether oxygens (including phenoxy) is 2. The lowest BCUT2D eigenvalue weighted by Crippen LogP contribution is -2.65. The Morgan fingerprint density at radius 1 is 0.268 bits per heavy atom. The summed E-state index contributed by atoms with van der Waals surface area (Å²) in [6.45, 7) is 26.3. The molecule has 12 heteroatoms. The number of fused-ring (bicyclic) bond motifs is 21. The molecule has 588 valence electrons. The van der Waals surface area contributed by atoms with E-state index in [9.17, 15) is 0 Å². The topological polar surface area (TPSA) is 79.6 Å². The fourth-order valence-electron chi connectivity index (χ4n) is 22.1. The third kappa shape index (κ3) is 10.4. The maximum Gasteiger partial charge on any atom is 0.260 e. The molecule has 0 atom stereocenters. The molecule has 0 saturated carbocycles. The van der Waals surface area contributed by atoms with Crippen LogP contribution in [0.2, 0.25) is 0 Å². The second-order valence-corrected chi connectivity index (χ2v) is 38.0. The largest absolute Gasteiger partial charge is 0.458 e. The van der Waals surface area contributed by atoms with Crippen LogP contribution in [0.1, 0.15) is 95.7 Å². The molecule has 0 saturated heterocycles. The second-order valence-electron chi connectivity index (χ2n) is 38.0. The van der Waals surface area contributed by atoms with Crippen LogP contribution in [-0.4, -0.2) is 20.1 Å². The van der Waals surface area contributed by atoms with Crippen LogP contribution < -0.4 is 78.7 Å². The average Bonchev–Trinajstić information content (AvgIpc) is 1.63. The van der Waals surface area contributed by atoms with E-state index in [-0.39, 0.29) is 29.7 Å². The zero-order valence-electron chi connectivity index (χ0n) is 70.8. The Morgan fingerprint density at radius 3 is 1.12 bits per heavy atom. The van der Waals surface area contributed by atoms with Gasteiger partial charge in [0.25, 0.3) is 20.1 Å². The van der Waals surface area contributed by atoms with E-state index in [0.717, 1.165) is 212 Å². The van der Waals surface area contributed by atoms with Gasteiger partial charge in [-0.15, -0.1) is 0 Å². The van der Waals surface area contributed by atoms with Gasteiger partial charge in [0.1, 0.15) is 56.5 Å². The van der Waals surface area contributed by atoms with Gasteiger partial charge in [-0.2, -0.15) is 0 Å². The van der Waals surface area contributed by atoms with Crippen molar-refractivity contribution in [2.75, 3.05) is 20.0 Å². The fourth-order valence-corrected chi connectivity index (χ4v) is 22.1. The summed E-state index contributed by atoms with van der Waals surface area (Å²) >= 11 is 0. The predicted octanol–water partition coefficient (Wildman–Crippen LogP) is 24.4. The van der Waals surface area contributed by atoms with Crippen LogP contribution in [0.25, 0.3) is 99.2 Å².